The molecule has 1 aliphatic heterocycles. The van der Waals surface area contributed by atoms with E-state index in [1.165, 1.54) is 11.1 Å². The molecule has 5 nitrogen and oxygen atoms in total. The van der Waals surface area contributed by atoms with Crippen LogP contribution in [0.3, 0.4) is 0 Å². The van der Waals surface area contributed by atoms with Crippen LogP contribution < -0.4 is 4.74 Å². The molecule has 0 spiro atoms. The average molecular weight is 432 g/mol. The molecule has 1 unspecified atom stereocenters. The molecule has 1 saturated heterocycles. The van der Waals surface area contributed by atoms with E-state index < -0.39 is 0 Å². The number of nitrogens with zero attached hydrogens (tertiary/aromatic N) is 3. The van der Waals surface area contributed by atoms with Gasteiger partial charge in [0.25, 0.3) is 0 Å². The van der Waals surface area contributed by atoms with Gasteiger partial charge in [-0.05, 0) is 61.1 Å². The van der Waals surface area contributed by atoms with E-state index in [1.54, 1.807) is 13.1 Å². The lowest BCUT2D eigenvalue weighted by Crippen LogP contribution is -2.41. The van der Waals surface area contributed by atoms with Crippen LogP contribution in [0.2, 0.25) is 0 Å². The van der Waals surface area contributed by atoms with Gasteiger partial charge in [-0.25, -0.2) is 4.98 Å². The Morgan fingerprint density at radius 2 is 2.06 bits per heavy atom. The Morgan fingerprint density at radius 1 is 1.19 bits per heavy atom. The second-order valence-corrected chi connectivity index (χ2v) is 9.00. The van der Waals surface area contributed by atoms with Crippen LogP contribution in [0.5, 0.6) is 11.5 Å². The summed E-state index contributed by atoms with van der Waals surface area (Å²) in [6, 6.07) is 14.8. The van der Waals surface area contributed by atoms with Gasteiger partial charge in [0.15, 0.2) is 0 Å². The molecule has 0 bridgehead atoms. The molecule has 0 saturated carbocycles. The molecule has 5 heteroatoms. The normalized spacial score (nSPS) is 18.9. The van der Waals surface area contributed by atoms with Crippen molar-refractivity contribution in [2.24, 2.45) is 0 Å². The van der Waals surface area contributed by atoms with Crippen molar-refractivity contribution in [3.8, 4) is 11.5 Å². The number of imidazole rings is 1. The Labute approximate surface area is 191 Å². The zero-order valence-electron chi connectivity index (χ0n) is 19.4. The fraction of sp³-hybridized carbons (Fsp3) is 0.407. The van der Waals surface area contributed by atoms with E-state index in [2.05, 4.69) is 55.2 Å². The minimum absolute atomic E-state index is 0.0279. The van der Waals surface area contributed by atoms with E-state index in [0.29, 0.717) is 0 Å². The summed E-state index contributed by atoms with van der Waals surface area (Å²) in [7, 11) is 0. The molecule has 2 heterocycles. The zero-order valence-corrected chi connectivity index (χ0v) is 19.4. The summed E-state index contributed by atoms with van der Waals surface area (Å²) in [5, 5.41) is 0. The predicted molar refractivity (Wildman–Crippen MR) is 127 cm³/mol. The zero-order chi connectivity index (χ0) is 22.6. The predicted octanol–water partition coefficient (Wildman–Crippen LogP) is 5.71. The minimum Gasteiger partial charge on any atom is -0.457 e. The summed E-state index contributed by atoms with van der Waals surface area (Å²) in [5.74, 6) is 1.89. The molecule has 2 aromatic carbocycles. The van der Waals surface area contributed by atoms with Crippen LogP contribution in [-0.2, 0) is 16.8 Å². The number of rotatable bonds is 6. The Bertz CT molecular complexity index is 1060. The van der Waals surface area contributed by atoms with Gasteiger partial charge in [-0.15, -0.1) is 0 Å². The van der Waals surface area contributed by atoms with Gasteiger partial charge in [0, 0.05) is 44.4 Å². The maximum absolute atomic E-state index is 12.2. The molecule has 1 fully saturated rings. The molecule has 0 N–H and O–H groups in total. The highest BCUT2D eigenvalue weighted by atomic mass is 16.5. The number of aromatic nitrogens is 2. The van der Waals surface area contributed by atoms with Crippen molar-refractivity contribution in [1.82, 2.24) is 14.5 Å². The number of carbonyl (C=O) groups excluding carboxylic acids is 1. The van der Waals surface area contributed by atoms with Crippen LogP contribution in [0.1, 0.15) is 56.2 Å². The van der Waals surface area contributed by atoms with Crippen LogP contribution in [0, 0.1) is 6.92 Å². The number of benzene rings is 2. The highest BCUT2D eigenvalue weighted by molar-refractivity contribution is 5.73. The molecule has 0 radical (unpaired) electrons. The van der Waals surface area contributed by atoms with Gasteiger partial charge in [0.2, 0.25) is 5.91 Å². The number of aryl methyl sites for hydroxylation is 1. The number of hydrogen-bond acceptors (Lipinski definition) is 3. The third-order valence-corrected chi connectivity index (χ3v) is 6.80. The van der Waals surface area contributed by atoms with Crippen LogP contribution in [0.4, 0.5) is 0 Å². The van der Waals surface area contributed by atoms with E-state index >= 15 is 0 Å². The molecular formula is C27H33N3O2. The lowest BCUT2D eigenvalue weighted by atomic mass is 9.74. The molecule has 168 valence electrons. The van der Waals surface area contributed by atoms with Gasteiger partial charge in [0.1, 0.15) is 11.5 Å². The minimum atomic E-state index is -0.0279. The van der Waals surface area contributed by atoms with Crippen LogP contribution in [0.25, 0.3) is 0 Å². The Balaban J connectivity index is 1.59. The third-order valence-electron chi connectivity index (χ3n) is 6.80. The molecule has 1 aliphatic rings. The molecular weight excluding hydrogens is 398 g/mol. The van der Waals surface area contributed by atoms with Crippen LogP contribution in [0.15, 0.2) is 61.2 Å². The van der Waals surface area contributed by atoms with E-state index in [-0.39, 0.29) is 11.3 Å². The summed E-state index contributed by atoms with van der Waals surface area (Å²) in [5.41, 5.74) is 3.51. The molecule has 1 amide bonds. The van der Waals surface area contributed by atoms with E-state index in [9.17, 15) is 4.79 Å². The van der Waals surface area contributed by atoms with Crippen molar-refractivity contribution >= 4 is 5.91 Å². The molecule has 32 heavy (non-hydrogen) atoms. The molecule has 0 aliphatic carbocycles. The lowest BCUT2D eigenvalue weighted by Gasteiger charge is -2.36. The first-order chi connectivity index (χ1) is 15.5. The van der Waals surface area contributed by atoms with Crippen molar-refractivity contribution in [3.63, 3.8) is 0 Å². The molecule has 1 atom stereocenters. The van der Waals surface area contributed by atoms with Crippen molar-refractivity contribution < 1.29 is 9.53 Å². The number of ether oxygens (including phenoxy) is 1. The number of hydrogen-bond donors (Lipinski definition) is 0. The van der Waals surface area contributed by atoms with E-state index in [4.69, 9.17) is 4.74 Å². The SMILES string of the molecule is CCC1(c2cccc(Oc3cc(Cn4ccnc4)ccc3C)c2)CCCCN(C(C)=O)C1. The quantitative estimate of drug-likeness (QED) is 0.502. The summed E-state index contributed by atoms with van der Waals surface area (Å²) in [6.45, 7) is 8.39. The van der Waals surface area contributed by atoms with E-state index in [0.717, 1.165) is 62.4 Å². The van der Waals surface area contributed by atoms with Gasteiger partial charge in [-0.2, -0.15) is 0 Å². The molecule has 1 aromatic heterocycles. The average Bonchev–Trinajstić information content (AvgIpc) is 3.19. The van der Waals surface area contributed by atoms with Gasteiger partial charge < -0.3 is 14.2 Å². The summed E-state index contributed by atoms with van der Waals surface area (Å²) in [6.07, 6.45) is 9.88. The third kappa shape index (κ3) is 4.87. The fourth-order valence-corrected chi connectivity index (χ4v) is 4.75. The van der Waals surface area contributed by atoms with Crippen LogP contribution >= 0.6 is 0 Å². The topological polar surface area (TPSA) is 47.4 Å². The van der Waals surface area contributed by atoms with Gasteiger partial charge >= 0.3 is 0 Å². The van der Waals surface area contributed by atoms with Gasteiger partial charge in [-0.1, -0.05) is 37.6 Å². The maximum Gasteiger partial charge on any atom is 0.219 e. The largest absolute Gasteiger partial charge is 0.457 e. The highest BCUT2D eigenvalue weighted by Gasteiger charge is 2.35. The number of likely N-dealkylation sites (tertiary alicyclic amines) is 1. The van der Waals surface area contributed by atoms with Crippen LogP contribution in [-0.4, -0.2) is 33.4 Å². The van der Waals surface area contributed by atoms with Gasteiger partial charge in [0.05, 0.1) is 6.33 Å². The first-order valence-electron chi connectivity index (χ1n) is 11.6. The monoisotopic (exact) mass is 431 g/mol. The molecule has 4 rings (SSSR count). The molecule has 3 aromatic rings. The van der Waals surface area contributed by atoms with Crippen molar-refractivity contribution in [1.29, 1.82) is 0 Å². The fourth-order valence-electron chi connectivity index (χ4n) is 4.75. The Hall–Kier alpha value is -3.08. The first kappa shape index (κ1) is 22.1. The summed E-state index contributed by atoms with van der Waals surface area (Å²) < 4.78 is 8.44. The lowest BCUT2D eigenvalue weighted by molar-refractivity contribution is -0.129. The maximum atomic E-state index is 12.2. The summed E-state index contributed by atoms with van der Waals surface area (Å²) in [4.78, 5) is 18.3. The Kier molecular flexibility index (Phi) is 6.63. The standard InChI is InChI=1S/C27H33N3O2/c1-4-27(12-5-6-14-30(19-27)22(3)31)24-8-7-9-25(17-24)32-26-16-23(11-10-21(26)2)18-29-15-13-28-20-29/h7-11,13,15-17,20H,4-6,12,14,18-19H2,1-3H3. The van der Waals surface area contributed by atoms with Crippen molar-refractivity contribution in [3.05, 3.63) is 77.9 Å². The summed E-state index contributed by atoms with van der Waals surface area (Å²) >= 11 is 0. The Morgan fingerprint density at radius 3 is 2.81 bits per heavy atom. The van der Waals surface area contributed by atoms with Crippen molar-refractivity contribution in [2.75, 3.05) is 13.1 Å². The second-order valence-electron chi connectivity index (χ2n) is 9.00. The number of amides is 1. The number of carbonyl (C=O) groups is 1. The van der Waals surface area contributed by atoms with Gasteiger partial charge in [-0.3, -0.25) is 4.79 Å². The van der Waals surface area contributed by atoms with E-state index in [1.807, 2.05) is 28.1 Å². The second kappa shape index (κ2) is 9.60. The smallest absolute Gasteiger partial charge is 0.219 e. The van der Waals surface area contributed by atoms with Crippen molar-refractivity contribution in [2.45, 2.75) is 58.4 Å². The highest BCUT2D eigenvalue weighted by Crippen LogP contribution is 2.39. The first-order valence-corrected chi connectivity index (χ1v) is 11.6.